The monoisotopic (exact) mass is 314 g/mol. The molecule has 2 aromatic rings. The molecule has 1 heterocycles. The Kier molecular flexibility index (Phi) is 5.21. The summed E-state index contributed by atoms with van der Waals surface area (Å²) < 4.78 is 12.0. The van der Waals surface area contributed by atoms with Gasteiger partial charge in [-0.2, -0.15) is 5.10 Å². The van der Waals surface area contributed by atoms with Gasteiger partial charge in [0, 0.05) is 11.3 Å². The molecule has 5 heteroatoms. The van der Waals surface area contributed by atoms with Gasteiger partial charge in [-0.1, -0.05) is 12.2 Å². The second-order valence-electron chi connectivity index (χ2n) is 5.55. The molecule has 0 aliphatic carbocycles. The molecule has 2 rings (SSSR count). The second kappa shape index (κ2) is 7.13. The van der Waals surface area contributed by atoms with E-state index >= 15 is 0 Å². The van der Waals surface area contributed by atoms with E-state index in [1.54, 1.807) is 31.4 Å². The predicted molar refractivity (Wildman–Crippen MR) is 89.3 cm³/mol. The van der Waals surface area contributed by atoms with E-state index in [1.807, 2.05) is 20.8 Å². The van der Waals surface area contributed by atoms with Crippen LogP contribution in [0.4, 0.5) is 0 Å². The number of aromatic nitrogens is 2. The zero-order chi connectivity index (χ0) is 17.0. The number of methoxy groups -OCH3 is 1. The second-order valence-corrected chi connectivity index (χ2v) is 5.55. The van der Waals surface area contributed by atoms with Gasteiger partial charge in [0.2, 0.25) is 0 Å². The number of carbonyl (C=O) groups excluding carboxylic acids is 1. The number of hydrogen-bond donors (Lipinski definition) is 0. The highest BCUT2D eigenvalue weighted by atomic mass is 16.5. The van der Waals surface area contributed by atoms with Crippen LogP contribution in [0.3, 0.4) is 0 Å². The SMILES string of the molecule is C=C(C)Cc1c(C)nn(C(=O)COc2ccc(OC)cc2)c1C. The van der Waals surface area contributed by atoms with E-state index < -0.39 is 0 Å². The first-order valence-electron chi connectivity index (χ1n) is 7.42. The van der Waals surface area contributed by atoms with Gasteiger partial charge < -0.3 is 9.47 Å². The molecule has 122 valence electrons. The lowest BCUT2D eigenvalue weighted by molar-refractivity contribution is 0.0818. The number of aryl methyl sites for hydroxylation is 1. The Morgan fingerprint density at radius 2 is 1.83 bits per heavy atom. The number of carbonyl (C=O) groups is 1. The molecule has 0 N–H and O–H groups in total. The van der Waals surface area contributed by atoms with Crippen molar-refractivity contribution in [2.45, 2.75) is 27.2 Å². The van der Waals surface area contributed by atoms with E-state index in [-0.39, 0.29) is 12.5 Å². The van der Waals surface area contributed by atoms with Crippen molar-refractivity contribution in [2.24, 2.45) is 0 Å². The fourth-order valence-corrected chi connectivity index (χ4v) is 2.35. The van der Waals surface area contributed by atoms with Crippen molar-refractivity contribution in [3.8, 4) is 11.5 Å². The molecule has 1 aromatic heterocycles. The van der Waals surface area contributed by atoms with Crippen LogP contribution < -0.4 is 9.47 Å². The number of hydrogen-bond acceptors (Lipinski definition) is 4. The van der Waals surface area contributed by atoms with Gasteiger partial charge in [-0.25, -0.2) is 4.68 Å². The summed E-state index contributed by atoms with van der Waals surface area (Å²) in [5, 5.41) is 4.33. The summed E-state index contributed by atoms with van der Waals surface area (Å²) in [7, 11) is 1.60. The van der Waals surface area contributed by atoms with Crippen molar-refractivity contribution in [2.75, 3.05) is 13.7 Å². The third-order valence-corrected chi connectivity index (χ3v) is 3.58. The average molecular weight is 314 g/mol. The maximum absolute atomic E-state index is 12.3. The number of ether oxygens (including phenoxy) is 2. The van der Waals surface area contributed by atoms with Crippen LogP contribution in [0, 0.1) is 13.8 Å². The zero-order valence-corrected chi connectivity index (χ0v) is 14.0. The standard InChI is InChI=1S/C18H22N2O3/c1-12(2)10-17-13(3)19-20(14(17)4)18(21)11-23-16-8-6-15(22-5)7-9-16/h6-9H,1,10-11H2,2-5H3. The Morgan fingerprint density at radius 3 is 2.39 bits per heavy atom. The highest BCUT2D eigenvalue weighted by Gasteiger charge is 2.17. The first kappa shape index (κ1) is 16.8. The quantitative estimate of drug-likeness (QED) is 0.767. The van der Waals surface area contributed by atoms with Crippen molar-refractivity contribution in [3.63, 3.8) is 0 Å². The van der Waals surface area contributed by atoms with E-state index in [0.717, 1.165) is 34.7 Å². The van der Waals surface area contributed by atoms with Gasteiger partial charge >= 0.3 is 0 Å². The molecule has 0 aliphatic rings. The van der Waals surface area contributed by atoms with Crippen molar-refractivity contribution < 1.29 is 14.3 Å². The van der Waals surface area contributed by atoms with Crippen LogP contribution in [-0.4, -0.2) is 29.4 Å². The average Bonchev–Trinajstić information content (AvgIpc) is 2.81. The topological polar surface area (TPSA) is 53.4 Å². The zero-order valence-electron chi connectivity index (χ0n) is 14.0. The summed E-state index contributed by atoms with van der Waals surface area (Å²) in [4.78, 5) is 12.3. The van der Waals surface area contributed by atoms with E-state index in [4.69, 9.17) is 9.47 Å². The Hall–Kier alpha value is -2.56. The third-order valence-electron chi connectivity index (χ3n) is 3.58. The molecule has 0 spiro atoms. The van der Waals surface area contributed by atoms with Crippen LogP contribution in [0.25, 0.3) is 0 Å². The molecule has 0 fully saturated rings. The lowest BCUT2D eigenvalue weighted by Gasteiger charge is -2.08. The van der Waals surface area contributed by atoms with Gasteiger partial charge in [0.1, 0.15) is 11.5 Å². The lowest BCUT2D eigenvalue weighted by Crippen LogP contribution is -2.21. The summed E-state index contributed by atoms with van der Waals surface area (Å²) in [5.41, 5.74) is 3.78. The summed E-state index contributed by atoms with van der Waals surface area (Å²) in [6.45, 7) is 9.61. The fourth-order valence-electron chi connectivity index (χ4n) is 2.35. The molecule has 0 bridgehead atoms. The van der Waals surface area contributed by atoms with Crippen LogP contribution in [0.2, 0.25) is 0 Å². The van der Waals surface area contributed by atoms with Crippen LogP contribution in [0.1, 0.15) is 28.7 Å². The number of rotatable bonds is 6. The smallest absolute Gasteiger partial charge is 0.284 e. The van der Waals surface area contributed by atoms with E-state index in [0.29, 0.717) is 5.75 Å². The Balaban J connectivity index is 2.07. The van der Waals surface area contributed by atoms with Crippen LogP contribution in [-0.2, 0) is 6.42 Å². The largest absolute Gasteiger partial charge is 0.497 e. The van der Waals surface area contributed by atoms with Gasteiger partial charge in [-0.05, 0) is 51.5 Å². The van der Waals surface area contributed by atoms with Crippen LogP contribution >= 0.6 is 0 Å². The molecule has 0 saturated carbocycles. The Morgan fingerprint density at radius 1 is 1.22 bits per heavy atom. The molecule has 1 aromatic carbocycles. The van der Waals surface area contributed by atoms with Gasteiger partial charge in [0.05, 0.1) is 12.8 Å². The Bertz CT molecular complexity index is 715. The molecule has 23 heavy (non-hydrogen) atoms. The van der Waals surface area contributed by atoms with Crippen LogP contribution in [0.5, 0.6) is 11.5 Å². The summed E-state index contributed by atoms with van der Waals surface area (Å²) in [6.07, 6.45) is 0.726. The maximum Gasteiger partial charge on any atom is 0.284 e. The van der Waals surface area contributed by atoms with Gasteiger partial charge in [0.15, 0.2) is 6.61 Å². The highest BCUT2D eigenvalue weighted by Crippen LogP contribution is 2.18. The number of allylic oxidation sites excluding steroid dienone is 1. The molecule has 0 aliphatic heterocycles. The third kappa shape index (κ3) is 4.00. The minimum absolute atomic E-state index is 0.0687. The molecule has 0 radical (unpaired) electrons. The molecule has 0 saturated heterocycles. The molecular formula is C18H22N2O3. The molecule has 0 unspecified atom stereocenters. The first-order valence-corrected chi connectivity index (χ1v) is 7.42. The summed E-state index contributed by atoms with van der Waals surface area (Å²) in [6, 6.07) is 7.10. The van der Waals surface area contributed by atoms with Crippen molar-refractivity contribution in [1.82, 2.24) is 9.78 Å². The minimum atomic E-state index is -0.200. The first-order chi connectivity index (χ1) is 10.9. The molecular weight excluding hydrogens is 292 g/mol. The lowest BCUT2D eigenvalue weighted by atomic mass is 10.1. The number of benzene rings is 1. The summed E-state index contributed by atoms with van der Waals surface area (Å²) in [5.74, 6) is 1.16. The molecule has 0 atom stereocenters. The minimum Gasteiger partial charge on any atom is -0.497 e. The summed E-state index contributed by atoms with van der Waals surface area (Å²) >= 11 is 0. The van der Waals surface area contributed by atoms with Crippen LogP contribution in [0.15, 0.2) is 36.4 Å². The maximum atomic E-state index is 12.3. The van der Waals surface area contributed by atoms with E-state index in [2.05, 4.69) is 11.7 Å². The van der Waals surface area contributed by atoms with Gasteiger partial charge in [-0.3, -0.25) is 4.79 Å². The normalized spacial score (nSPS) is 10.4. The number of nitrogens with zero attached hydrogens (tertiary/aromatic N) is 2. The van der Waals surface area contributed by atoms with Crippen molar-refractivity contribution in [3.05, 3.63) is 53.4 Å². The van der Waals surface area contributed by atoms with Gasteiger partial charge in [-0.15, -0.1) is 0 Å². The molecule has 0 amide bonds. The highest BCUT2D eigenvalue weighted by molar-refractivity contribution is 5.80. The fraction of sp³-hybridized carbons (Fsp3) is 0.333. The van der Waals surface area contributed by atoms with Crippen molar-refractivity contribution >= 4 is 5.91 Å². The van der Waals surface area contributed by atoms with Crippen molar-refractivity contribution in [1.29, 1.82) is 0 Å². The van der Waals surface area contributed by atoms with Gasteiger partial charge in [0.25, 0.3) is 5.91 Å². The van der Waals surface area contributed by atoms with E-state index in [1.165, 1.54) is 4.68 Å². The predicted octanol–water partition coefficient (Wildman–Crippen LogP) is 3.35. The molecule has 5 nitrogen and oxygen atoms in total. The van der Waals surface area contributed by atoms with E-state index in [9.17, 15) is 4.79 Å². The Labute approximate surface area is 136 Å².